The van der Waals surface area contributed by atoms with Crippen LogP contribution in [0.1, 0.15) is 126 Å². The lowest BCUT2D eigenvalue weighted by molar-refractivity contribution is -0.165. The second-order valence-corrected chi connectivity index (χ2v) is 15.5. The molecule has 36 heavy (non-hydrogen) atoms. The lowest BCUT2D eigenvalue weighted by Crippen LogP contribution is -2.56. The van der Waals surface area contributed by atoms with Gasteiger partial charge in [-0.1, -0.05) is 53.7 Å². The van der Waals surface area contributed by atoms with Crippen LogP contribution in [-0.4, -0.2) is 12.1 Å². The Morgan fingerprint density at radius 3 is 2.28 bits per heavy atom. The lowest BCUT2D eigenvalue weighted by atomic mass is 9.43. The van der Waals surface area contributed by atoms with E-state index in [2.05, 4.69) is 55.0 Å². The Bertz CT molecular complexity index is 890. The van der Waals surface area contributed by atoms with E-state index in [0.29, 0.717) is 39.4 Å². The van der Waals surface area contributed by atoms with Gasteiger partial charge in [-0.25, -0.2) is 0 Å². The molecule has 5 aliphatic carbocycles. The molecule has 0 amide bonds. The second-order valence-electron chi connectivity index (χ2n) is 15.5. The first kappa shape index (κ1) is 26.8. The summed E-state index contributed by atoms with van der Waals surface area (Å²) in [5.74, 6) is 5.19. The van der Waals surface area contributed by atoms with Gasteiger partial charge in [0, 0.05) is 6.92 Å². The predicted molar refractivity (Wildman–Crippen MR) is 149 cm³/mol. The van der Waals surface area contributed by atoms with Gasteiger partial charge in [-0.2, -0.15) is 0 Å². The van der Waals surface area contributed by atoms with Crippen LogP contribution in [0.15, 0.2) is 12.2 Å². The molecule has 2 spiro atoms. The molecule has 11 atom stereocenters. The Labute approximate surface area is 222 Å². The molecule has 5 fully saturated rings. The number of allylic oxidation sites excluding steroid dienone is 1. The minimum absolute atomic E-state index is 0.0861. The fraction of sp³-hybridized carbons (Fsp3) is 0.912. The van der Waals surface area contributed by atoms with Crippen LogP contribution in [0.3, 0.4) is 0 Å². The molecular weight excluding hydrogens is 440 g/mol. The summed E-state index contributed by atoms with van der Waals surface area (Å²) in [4.78, 5) is 11.7. The third kappa shape index (κ3) is 3.57. The number of esters is 1. The number of hydrogen-bond acceptors (Lipinski definition) is 2. The Hall–Kier alpha value is -0.790. The molecule has 0 aromatic carbocycles. The minimum Gasteiger partial charge on any atom is -0.462 e. The quantitative estimate of drug-likeness (QED) is 0.259. The van der Waals surface area contributed by atoms with Crippen LogP contribution >= 0.6 is 0 Å². The summed E-state index contributed by atoms with van der Waals surface area (Å²) in [6, 6.07) is 0. The van der Waals surface area contributed by atoms with E-state index in [9.17, 15) is 4.79 Å². The minimum atomic E-state index is -0.0861. The van der Waals surface area contributed by atoms with E-state index in [1.54, 1.807) is 6.92 Å². The predicted octanol–water partition coefficient (Wildman–Crippen LogP) is 9.23. The van der Waals surface area contributed by atoms with Crippen molar-refractivity contribution in [2.75, 3.05) is 0 Å². The van der Waals surface area contributed by atoms with Gasteiger partial charge in [-0.05, 0) is 141 Å². The molecule has 0 N–H and O–H groups in total. The van der Waals surface area contributed by atoms with Crippen LogP contribution in [0.25, 0.3) is 0 Å². The van der Waals surface area contributed by atoms with Crippen LogP contribution in [0.5, 0.6) is 0 Å². The van der Waals surface area contributed by atoms with Crippen molar-refractivity contribution in [3.05, 3.63) is 12.2 Å². The normalized spacial score (nSPS) is 48.8. The van der Waals surface area contributed by atoms with Crippen LogP contribution in [0.4, 0.5) is 0 Å². The molecular formula is C34H56O2. The van der Waals surface area contributed by atoms with Crippen molar-refractivity contribution in [1.29, 1.82) is 0 Å². The highest BCUT2D eigenvalue weighted by atomic mass is 16.5. The molecule has 0 heterocycles. The van der Waals surface area contributed by atoms with Gasteiger partial charge in [-0.15, -0.1) is 0 Å². The maximum absolute atomic E-state index is 11.7. The third-order valence-electron chi connectivity index (χ3n) is 14.1. The second kappa shape index (κ2) is 8.87. The molecule has 0 aromatic heterocycles. The zero-order valence-electron chi connectivity index (χ0n) is 24.9. The monoisotopic (exact) mass is 496 g/mol. The largest absolute Gasteiger partial charge is 0.462 e. The summed E-state index contributed by atoms with van der Waals surface area (Å²) in [5.41, 5.74) is 3.54. The van der Waals surface area contributed by atoms with Crippen LogP contribution in [-0.2, 0) is 9.53 Å². The molecule has 0 saturated heterocycles. The summed E-state index contributed by atoms with van der Waals surface area (Å²) < 4.78 is 5.82. The summed E-state index contributed by atoms with van der Waals surface area (Å²) in [6.45, 7) is 23.4. The smallest absolute Gasteiger partial charge is 0.302 e. The van der Waals surface area contributed by atoms with Crippen LogP contribution in [0.2, 0.25) is 0 Å². The summed E-state index contributed by atoms with van der Waals surface area (Å²) in [5, 5.41) is 0. The highest BCUT2D eigenvalue weighted by molar-refractivity contribution is 5.66. The zero-order chi connectivity index (χ0) is 26.3. The maximum atomic E-state index is 11.7. The lowest BCUT2D eigenvalue weighted by Gasteiger charge is -2.62. The topological polar surface area (TPSA) is 26.3 Å². The Balaban J connectivity index is 1.33. The molecule has 5 saturated carbocycles. The average Bonchev–Trinajstić information content (AvgIpc) is 3.37. The van der Waals surface area contributed by atoms with E-state index in [1.807, 2.05) is 0 Å². The maximum Gasteiger partial charge on any atom is 0.302 e. The van der Waals surface area contributed by atoms with Gasteiger partial charge in [0.05, 0.1) is 0 Å². The van der Waals surface area contributed by atoms with Crippen molar-refractivity contribution >= 4 is 5.97 Å². The average molecular weight is 497 g/mol. The van der Waals surface area contributed by atoms with Gasteiger partial charge in [0.1, 0.15) is 6.10 Å². The van der Waals surface area contributed by atoms with Gasteiger partial charge in [0.2, 0.25) is 0 Å². The highest BCUT2D eigenvalue weighted by Crippen LogP contribution is 2.88. The molecule has 3 unspecified atom stereocenters. The molecule has 5 aliphatic rings. The van der Waals surface area contributed by atoms with Gasteiger partial charge in [0.15, 0.2) is 0 Å². The molecule has 0 aliphatic heterocycles. The Morgan fingerprint density at radius 1 is 0.917 bits per heavy atom. The fourth-order valence-corrected chi connectivity index (χ4v) is 12.1. The first-order valence-electron chi connectivity index (χ1n) is 15.7. The molecule has 0 radical (unpaired) electrons. The summed E-state index contributed by atoms with van der Waals surface area (Å²) >= 11 is 0. The summed E-state index contributed by atoms with van der Waals surface area (Å²) in [6.07, 6.45) is 15.3. The number of rotatable bonds is 7. The summed E-state index contributed by atoms with van der Waals surface area (Å²) in [7, 11) is 0. The molecule has 0 aromatic rings. The van der Waals surface area contributed by atoms with E-state index in [-0.39, 0.29) is 12.1 Å². The number of hydrogen-bond donors (Lipinski definition) is 0. The van der Waals surface area contributed by atoms with E-state index in [1.165, 1.54) is 69.8 Å². The van der Waals surface area contributed by atoms with E-state index in [0.717, 1.165) is 30.1 Å². The van der Waals surface area contributed by atoms with Gasteiger partial charge in [-0.3, -0.25) is 4.79 Å². The number of carbonyl (C=O) groups excluding carboxylic acids is 1. The highest BCUT2D eigenvalue weighted by Gasteiger charge is 2.81. The van der Waals surface area contributed by atoms with Gasteiger partial charge >= 0.3 is 5.97 Å². The van der Waals surface area contributed by atoms with Crippen molar-refractivity contribution in [3.63, 3.8) is 0 Å². The zero-order valence-corrected chi connectivity index (χ0v) is 24.9. The van der Waals surface area contributed by atoms with Crippen molar-refractivity contribution in [2.45, 2.75) is 132 Å². The van der Waals surface area contributed by atoms with Crippen LogP contribution in [0, 0.1) is 63.1 Å². The van der Waals surface area contributed by atoms with Crippen molar-refractivity contribution in [2.24, 2.45) is 63.1 Å². The molecule has 2 nitrogen and oxygen atoms in total. The first-order valence-corrected chi connectivity index (χ1v) is 15.7. The molecule has 5 rings (SSSR count). The van der Waals surface area contributed by atoms with E-state index in [4.69, 9.17) is 4.74 Å². The number of carbonyl (C=O) groups is 1. The molecule has 0 bridgehead atoms. The van der Waals surface area contributed by atoms with Gasteiger partial charge in [0.25, 0.3) is 0 Å². The fourth-order valence-electron chi connectivity index (χ4n) is 12.1. The van der Waals surface area contributed by atoms with Crippen LogP contribution < -0.4 is 0 Å². The Kier molecular flexibility index (Phi) is 6.61. The van der Waals surface area contributed by atoms with E-state index >= 15 is 0 Å². The first-order chi connectivity index (χ1) is 16.8. The Morgan fingerprint density at radius 2 is 1.64 bits per heavy atom. The third-order valence-corrected chi connectivity index (χ3v) is 14.1. The molecule has 204 valence electrons. The van der Waals surface area contributed by atoms with Crippen molar-refractivity contribution < 1.29 is 9.53 Å². The SMILES string of the molecule is C=C(C)C(CC[C@@H](C)[C@H]1CC[C@@]2(C)C3CCC4[C@H](C)[C@@H](OC(C)=O)CC[C@@]45C[C@@]35CC[C@]12C)C(C)C. The standard InChI is InChI=1S/C34H56O2/c1-21(2)26(22(3)4)11-10-23(5)27-14-16-32(9)30-13-12-28-24(6)29(36-25(7)35)15-17-33(28)20-34(30,33)19-18-31(27,32)8/h22-24,26-30H,1,10-20H2,2-9H3/t23-,24+,26?,27-,28?,29+,30?,31-,32+,33-,34+/m1/s1. The van der Waals surface area contributed by atoms with Crippen molar-refractivity contribution in [3.8, 4) is 0 Å². The molecule has 2 heteroatoms. The van der Waals surface area contributed by atoms with Gasteiger partial charge < -0.3 is 4.74 Å². The van der Waals surface area contributed by atoms with E-state index < -0.39 is 0 Å². The van der Waals surface area contributed by atoms with Crippen molar-refractivity contribution in [1.82, 2.24) is 0 Å². The number of fused-ring (bicyclic) bond motifs is 2. The number of ether oxygens (including phenoxy) is 1.